The van der Waals surface area contributed by atoms with Crippen LogP contribution in [0.25, 0.3) is 0 Å². The number of carbonyl (C=O) groups excluding carboxylic acids is 1. The monoisotopic (exact) mass is 542 g/mol. The normalized spacial score (nSPS) is 10.9. The maximum Gasteiger partial charge on any atom is 0.251 e. The molecule has 0 radical (unpaired) electrons. The fraction of sp³-hybridized carbons (Fsp3) is 0.385. The largest absolute Gasteiger partial charge is 0.378 e. The van der Waals surface area contributed by atoms with Crippen LogP contribution in [0.3, 0.4) is 0 Å². The van der Waals surface area contributed by atoms with Crippen LogP contribution in [-0.4, -0.2) is 66.4 Å². The number of rotatable bonds is 16. The molecule has 12 heteroatoms. The van der Waals surface area contributed by atoms with Crippen molar-refractivity contribution in [2.75, 3.05) is 55.5 Å². The van der Waals surface area contributed by atoms with E-state index in [0.717, 1.165) is 11.3 Å². The maximum absolute atomic E-state index is 12.4. The van der Waals surface area contributed by atoms with Crippen LogP contribution in [0.15, 0.2) is 48.5 Å². The molecular formula is C26H35ClN8O3. The van der Waals surface area contributed by atoms with E-state index in [9.17, 15) is 4.79 Å². The van der Waals surface area contributed by atoms with Crippen molar-refractivity contribution in [3.63, 3.8) is 0 Å². The molecule has 0 aliphatic rings. The quantitative estimate of drug-likeness (QED) is 0.170. The van der Waals surface area contributed by atoms with Gasteiger partial charge in [-0.15, -0.1) is 0 Å². The molecule has 1 heterocycles. The molecule has 0 atom stereocenters. The van der Waals surface area contributed by atoms with E-state index in [1.165, 1.54) is 0 Å². The van der Waals surface area contributed by atoms with Crippen molar-refractivity contribution in [1.29, 1.82) is 0 Å². The number of hydrogen-bond donors (Lipinski definition) is 5. The van der Waals surface area contributed by atoms with Crippen molar-refractivity contribution < 1.29 is 14.3 Å². The Labute approximate surface area is 227 Å². The fourth-order valence-corrected chi connectivity index (χ4v) is 3.32. The molecule has 1 amide bonds. The third-order valence-corrected chi connectivity index (χ3v) is 5.24. The van der Waals surface area contributed by atoms with Gasteiger partial charge in [0.25, 0.3) is 5.91 Å². The number of hydrogen-bond acceptors (Lipinski definition) is 10. The molecule has 2 aromatic carbocycles. The number of anilines is 4. The Morgan fingerprint density at radius 1 is 0.895 bits per heavy atom. The van der Waals surface area contributed by atoms with E-state index in [1.807, 2.05) is 38.1 Å². The zero-order valence-corrected chi connectivity index (χ0v) is 22.4. The van der Waals surface area contributed by atoms with Gasteiger partial charge in [0, 0.05) is 41.9 Å². The maximum atomic E-state index is 12.4. The predicted octanol–water partition coefficient (Wildman–Crippen LogP) is 3.42. The van der Waals surface area contributed by atoms with Gasteiger partial charge in [-0.25, -0.2) is 0 Å². The molecule has 204 valence electrons. The number of benzene rings is 2. The van der Waals surface area contributed by atoms with Gasteiger partial charge in [-0.2, -0.15) is 15.0 Å². The Morgan fingerprint density at radius 3 is 2.24 bits per heavy atom. The molecule has 11 nitrogen and oxygen atoms in total. The average molecular weight is 543 g/mol. The lowest BCUT2D eigenvalue weighted by Gasteiger charge is -2.13. The number of halogens is 1. The van der Waals surface area contributed by atoms with Crippen LogP contribution in [0.5, 0.6) is 0 Å². The number of ether oxygens (including phenoxy) is 2. The number of nitrogens with zero attached hydrogens (tertiary/aromatic N) is 3. The molecule has 0 aliphatic carbocycles. The van der Waals surface area contributed by atoms with Gasteiger partial charge >= 0.3 is 0 Å². The zero-order chi connectivity index (χ0) is 27.2. The molecule has 0 bridgehead atoms. The lowest BCUT2D eigenvalue weighted by Crippen LogP contribution is -2.27. The molecule has 0 unspecified atom stereocenters. The van der Waals surface area contributed by atoms with Crippen LogP contribution in [-0.2, 0) is 16.0 Å². The first-order valence-corrected chi connectivity index (χ1v) is 12.8. The third kappa shape index (κ3) is 10.5. The smallest absolute Gasteiger partial charge is 0.251 e. The lowest BCUT2D eigenvalue weighted by molar-refractivity contribution is 0.0511. The highest BCUT2D eigenvalue weighted by atomic mass is 35.5. The van der Waals surface area contributed by atoms with Gasteiger partial charge in [0.2, 0.25) is 17.8 Å². The summed E-state index contributed by atoms with van der Waals surface area (Å²) in [4.78, 5) is 25.8. The first-order chi connectivity index (χ1) is 18.4. The Balaban J connectivity index is 1.55. The molecular weight excluding hydrogens is 508 g/mol. The van der Waals surface area contributed by atoms with Crippen molar-refractivity contribution >= 4 is 41.0 Å². The molecule has 6 N–H and O–H groups in total. The van der Waals surface area contributed by atoms with Crippen LogP contribution in [0.4, 0.5) is 23.5 Å². The molecule has 0 saturated heterocycles. The minimum Gasteiger partial charge on any atom is -0.378 e. The summed E-state index contributed by atoms with van der Waals surface area (Å²) >= 11 is 5.97. The molecule has 3 aromatic rings. The van der Waals surface area contributed by atoms with Crippen molar-refractivity contribution in [1.82, 2.24) is 20.3 Å². The summed E-state index contributed by atoms with van der Waals surface area (Å²) in [6.45, 7) is 7.28. The van der Waals surface area contributed by atoms with Gasteiger partial charge in [0.05, 0.1) is 26.4 Å². The Hall–Kier alpha value is -3.51. The highest BCUT2D eigenvalue weighted by Crippen LogP contribution is 2.18. The lowest BCUT2D eigenvalue weighted by atomic mass is 10.2. The fourth-order valence-electron chi connectivity index (χ4n) is 3.20. The van der Waals surface area contributed by atoms with Crippen molar-refractivity contribution in [2.45, 2.75) is 26.4 Å². The first kappa shape index (κ1) is 29.1. The Bertz CT molecular complexity index is 1130. The van der Waals surface area contributed by atoms with E-state index in [0.29, 0.717) is 74.5 Å². The minimum absolute atomic E-state index is 0.141. The van der Waals surface area contributed by atoms with Crippen LogP contribution >= 0.6 is 11.6 Å². The SMILES string of the molecule is CC(C)Nc1nc(NCc2ccc(Cl)cc2)nc(Nc2ccc(C(=O)NCCOCCOCCN)cc2)n1. The van der Waals surface area contributed by atoms with Gasteiger partial charge in [-0.05, 0) is 55.8 Å². The van der Waals surface area contributed by atoms with Crippen molar-refractivity contribution in [3.8, 4) is 0 Å². The molecule has 3 rings (SSSR count). The van der Waals surface area contributed by atoms with Gasteiger partial charge in [0.15, 0.2) is 0 Å². The standard InChI is InChI=1S/C26H35ClN8O3/c1-18(2)31-25-33-24(30-17-19-3-7-21(27)8-4-19)34-26(35-25)32-22-9-5-20(6-10-22)23(36)29-12-14-38-16-15-37-13-11-28/h3-10,18H,11-17,28H2,1-2H3,(H,29,36)(H3,30,31,32,33,34,35). The molecule has 0 saturated carbocycles. The molecule has 0 aliphatic heterocycles. The number of aromatic nitrogens is 3. The summed E-state index contributed by atoms with van der Waals surface area (Å²) < 4.78 is 10.6. The number of carbonyl (C=O) groups is 1. The van der Waals surface area contributed by atoms with E-state index < -0.39 is 0 Å². The van der Waals surface area contributed by atoms with Crippen molar-refractivity contribution in [3.05, 3.63) is 64.7 Å². The van der Waals surface area contributed by atoms with E-state index >= 15 is 0 Å². The second-order valence-corrected chi connectivity index (χ2v) is 8.99. The predicted molar refractivity (Wildman–Crippen MR) is 150 cm³/mol. The molecule has 38 heavy (non-hydrogen) atoms. The molecule has 0 fully saturated rings. The van der Waals surface area contributed by atoms with Crippen LogP contribution in [0.2, 0.25) is 5.02 Å². The number of nitrogens with one attached hydrogen (secondary N) is 4. The third-order valence-electron chi connectivity index (χ3n) is 4.99. The second-order valence-electron chi connectivity index (χ2n) is 8.56. The highest BCUT2D eigenvalue weighted by molar-refractivity contribution is 6.30. The summed E-state index contributed by atoms with van der Waals surface area (Å²) in [5, 5.41) is 13.1. The first-order valence-electron chi connectivity index (χ1n) is 12.4. The summed E-state index contributed by atoms with van der Waals surface area (Å²) in [6.07, 6.45) is 0. The molecule has 0 spiro atoms. The minimum atomic E-state index is -0.184. The van der Waals surface area contributed by atoms with E-state index in [2.05, 4.69) is 36.2 Å². The average Bonchev–Trinajstić information content (AvgIpc) is 2.90. The highest BCUT2D eigenvalue weighted by Gasteiger charge is 2.10. The number of nitrogens with two attached hydrogens (primary N) is 1. The van der Waals surface area contributed by atoms with Gasteiger partial charge in [-0.3, -0.25) is 4.79 Å². The van der Waals surface area contributed by atoms with E-state index in [1.54, 1.807) is 24.3 Å². The Kier molecular flexibility index (Phi) is 12.0. The van der Waals surface area contributed by atoms with Crippen LogP contribution in [0.1, 0.15) is 29.8 Å². The topological polar surface area (TPSA) is 148 Å². The van der Waals surface area contributed by atoms with E-state index in [-0.39, 0.29) is 11.9 Å². The van der Waals surface area contributed by atoms with Crippen LogP contribution < -0.4 is 27.0 Å². The van der Waals surface area contributed by atoms with E-state index in [4.69, 9.17) is 26.8 Å². The van der Waals surface area contributed by atoms with Gasteiger partial charge in [0.1, 0.15) is 0 Å². The zero-order valence-electron chi connectivity index (χ0n) is 21.7. The Morgan fingerprint density at radius 2 is 1.55 bits per heavy atom. The number of amides is 1. The second kappa shape index (κ2) is 15.7. The summed E-state index contributed by atoms with van der Waals surface area (Å²) in [5.41, 5.74) is 7.66. The summed E-state index contributed by atoms with van der Waals surface area (Å²) in [5.74, 6) is 1.05. The van der Waals surface area contributed by atoms with Gasteiger partial charge < -0.3 is 36.5 Å². The van der Waals surface area contributed by atoms with Crippen molar-refractivity contribution in [2.24, 2.45) is 5.73 Å². The van der Waals surface area contributed by atoms with Crippen LogP contribution in [0, 0.1) is 0 Å². The van der Waals surface area contributed by atoms with Gasteiger partial charge in [-0.1, -0.05) is 23.7 Å². The molecule has 1 aromatic heterocycles. The summed E-state index contributed by atoms with van der Waals surface area (Å²) in [6, 6.07) is 14.7. The summed E-state index contributed by atoms with van der Waals surface area (Å²) in [7, 11) is 0.